The van der Waals surface area contributed by atoms with E-state index < -0.39 is 15.4 Å². The van der Waals surface area contributed by atoms with Crippen LogP contribution in [-0.4, -0.2) is 37.8 Å². The van der Waals surface area contributed by atoms with Gasteiger partial charge in [-0.1, -0.05) is 38.5 Å². The summed E-state index contributed by atoms with van der Waals surface area (Å²) in [5.41, 5.74) is 0.623. The van der Waals surface area contributed by atoms with Crippen molar-refractivity contribution in [3.8, 4) is 0 Å². The molecule has 1 saturated carbocycles. The fourth-order valence-corrected chi connectivity index (χ4v) is 5.01. The van der Waals surface area contributed by atoms with Crippen molar-refractivity contribution >= 4 is 15.9 Å². The molecule has 1 heterocycles. The van der Waals surface area contributed by atoms with Crippen LogP contribution in [-0.2, 0) is 14.8 Å². The fourth-order valence-electron chi connectivity index (χ4n) is 3.47. The summed E-state index contributed by atoms with van der Waals surface area (Å²) in [7, 11) is -3.44. The highest BCUT2D eigenvalue weighted by molar-refractivity contribution is 7.89. The SMILES string of the molecule is Cc1ccc(S(=O)(=O)N2C[C@@H]3C[C@@H](NC(=O)C(C)(C)C)[C@@H]3C2)cc1. The highest BCUT2D eigenvalue weighted by atomic mass is 32.2. The van der Waals surface area contributed by atoms with E-state index in [-0.39, 0.29) is 17.9 Å². The molecule has 1 aromatic rings. The van der Waals surface area contributed by atoms with Crippen LogP contribution in [0.25, 0.3) is 0 Å². The number of nitrogens with zero attached hydrogens (tertiary/aromatic N) is 1. The molecule has 1 amide bonds. The molecule has 0 spiro atoms. The zero-order chi connectivity index (χ0) is 17.7. The number of carbonyl (C=O) groups is 1. The number of nitrogens with one attached hydrogen (secondary N) is 1. The molecular formula is C18H26N2O3S. The number of hydrogen-bond donors (Lipinski definition) is 1. The smallest absolute Gasteiger partial charge is 0.243 e. The summed E-state index contributed by atoms with van der Waals surface area (Å²) in [4.78, 5) is 12.5. The van der Waals surface area contributed by atoms with Gasteiger partial charge >= 0.3 is 0 Å². The minimum atomic E-state index is -3.44. The molecule has 1 aromatic carbocycles. The first-order valence-electron chi connectivity index (χ1n) is 8.47. The highest BCUT2D eigenvalue weighted by Gasteiger charge is 2.51. The largest absolute Gasteiger partial charge is 0.353 e. The van der Waals surface area contributed by atoms with Crippen LogP contribution in [0.2, 0.25) is 0 Å². The maximum atomic E-state index is 12.8. The molecule has 1 saturated heterocycles. The summed E-state index contributed by atoms with van der Waals surface area (Å²) in [6.45, 7) is 8.66. The van der Waals surface area contributed by atoms with E-state index in [4.69, 9.17) is 0 Å². The molecule has 132 valence electrons. The second-order valence-corrected chi connectivity index (χ2v) is 10.1. The van der Waals surface area contributed by atoms with Gasteiger partial charge in [0.1, 0.15) is 0 Å². The first kappa shape index (κ1) is 17.4. The van der Waals surface area contributed by atoms with Crippen LogP contribution < -0.4 is 5.32 Å². The first-order valence-corrected chi connectivity index (χ1v) is 9.91. The summed E-state index contributed by atoms with van der Waals surface area (Å²) in [5, 5.41) is 3.09. The average Bonchev–Trinajstić information content (AvgIpc) is 2.82. The Morgan fingerprint density at radius 3 is 2.38 bits per heavy atom. The van der Waals surface area contributed by atoms with Crippen molar-refractivity contribution in [2.24, 2.45) is 17.3 Å². The number of hydrogen-bond acceptors (Lipinski definition) is 3. The summed E-state index contributed by atoms with van der Waals surface area (Å²) in [6, 6.07) is 7.08. The third-order valence-corrected chi connectivity index (χ3v) is 7.03. The highest BCUT2D eigenvalue weighted by Crippen LogP contribution is 2.43. The Morgan fingerprint density at radius 2 is 1.79 bits per heavy atom. The molecule has 5 nitrogen and oxygen atoms in total. The Morgan fingerprint density at radius 1 is 1.17 bits per heavy atom. The van der Waals surface area contributed by atoms with Crippen molar-refractivity contribution in [3.05, 3.63) is 29.8 Å². The Bertz CT molecular complexity index is 735. The summed E-state index contributed by atoms with van der Waals surface area (Å²) >= 11 is 0. The molecule has 1 N–H and O–H groups in total. The van der Waals surface area contributed by atoms with E-state index in [0.29, 0.717) is 23.9 Å². The molecule has 6 heteroatoms. The van der Waals surface area contributed by atoms with Crippen molar-refractivity contribution in [2.45, 2.75) is 45.1 Å². The third-order valence-electron chi connectivity index (χ3n) is 5.19. The van der Waals surface area contributed by atoms with E-state index in [2.05, 4.69) is 5.32 Å². The predicted octanol–water partition coefficient (Wildman–Crippen LogP) is 2.17. The third kappa shape index (κ3) is 3.09. The molecule has 24 heavy (non-hydrogen) atoms. The van der Waals surface area contributed by atoms with Crippen LogP contribution in [0.5, 0.6) is 0 Å². The van der Waals surface area contributed by atoms with Crippen molar-refractivity contribution in [1.82, 2.24) is 9.62 Å². The van der Waals surface area contributed by atoms with Crippen LogP contribution in [0.3, 0.4) is 0 Å². The summed E-state index contributed by atoms with van der Waals surface area (Å²) in [5.74, 6) is 0.623. The van der Waals surface area contributed by atoms with E-state index in [0.717, 1.165) is 12.0 Å². The fraction of sp³-hybridized carbons (Fsp3) is 0.611. The molecular weight excluding hydrogens is 324 g/mol. The van der Waals surface area contributed by atoms with E-state index >= 15 is 0 Å². The van der Waals surface area contributed by atoms with E-state index in [9.17, 15) is 13.2 Å². The van der Waals surface area contributed by atoms with Gasteiger partial charge in [-0.25, -0.2) is 8.42 Å². The first-order chi connectivity index (χ1) is 11.1. The van der Waals surface area contributed by atoms with Gasteiger partial charge in [0.25, 0.3) is 0 Å². The number of benzene rings is 1. The maximum Gasteiger partial charge on any atom is 0.243 e. The van der Waals surface area contributed by atoms with Gasteiger partial charge in [-0.3, -0.25) is 4.79 Å². The second-order valence-electron chi connectivity index (χ2n) is 8.12. The van der Waals surface area contributed by atoms with Crippen LogP contribution in [0.1, 0.15) is 32.8 Å². The molecule has 3 rings (SSSR count). The minimum Gasteiger partial charge on any atom is -0.353 e. The molecule has 1 aliphatic heterocycles. The van der Waals surface area contributed by atoms with Crippen LogP contribution in [0, 0.1) is 24.2 Å². The monoisotopic (exact) mass is 350 g/mol. The van der Waals surface area contributed by atoms with Gasteiger partial charge in [0.15, 0.2) is 0 Å². The van der Waals surface area contributed by atoms with Crippen molar-refractivity contribution in [2.75, 3.05) is 13.1 Å². The van der Waals surface area contributed by atoms with E-state index in [1.54, 1.807) is 16.4 Å². The summed E-state index contributed by atoms with van der Waals surface area (Å²) < 4.78 is 27.2. The molecule has 2 aliphatic rings. The van der Waals surface area contributed by atoms with Gasteiger partial charge in [0, 0.05) is 24.5 Å². The zero-order valence-corrected chi connectivity index (χ0v) is 15.6. The lowest BCUT2D eigenvalue weighted by Crippen LogP contribution is -2.54. The number of carbonyl (C=O) groups excluding carboxylic acids is 1. The number of fused-ring (bicyclic) bond motifs is 1. The molecule has 0 aromatic heterocycles. The number of amides is 1. The molecule has 0 bridgehead atoms. The zero-order valence-electron chi connectivity index (χ0n) is 14.7. The normalized spacial score (nSPS) is 27.4. The number of aryl methyl sites for hydroxylation is 1. The van der Waals surface area contributed by atoms with Gasteiger partial charge in [-0.05, 0) is 37.3 Å². The van der Waals surface area contributed by atoms with Crippen molar-refractivity contribution in [1.29, 1.82) is 0 Å². The van der Waals surface area contributed by atoms with E-state index in [1.807, 2.05) is 39.8 Å². The number of rotatable bonds is 3. The van der Waals surface area contributed by atoms with Crippen LogP contribution in [0.4, 0.5) is 0 Å². The Labute approximate surface area is 144 Å². The van der Waals surface area contributed by atoms with Gasteiger partial charge in [0.05, 0.1) is 4.90 Å². The Hall–Kier alpha value is -1.40. The molecule has 0 radical (unpaired) electrons. The molecule has 3 atom stereocenters. The van der Waals surface area contributed by atoms with Crippen LogP contribution >= 0.6 is 0 Å². The molecule has 2 fully saturated rings. The lowest BCUT2D eigenvalue weighted by Gasteiger charge is -2.41. The molecule has 1 aliphatic carbocycles. The second kappa shape index (κ2) is 5.85. The minimum absolute atomic E-state index is 0.0331. The van der Waals surface area contributed by atoms with E-state index in [1.165, 1.54) is 0 Å². The standard InChI is InChI=1S/C18H26N2O3S/c1-12-5-7-14(8-6-12)24(22,23)20-10-13-9-16(15(13)11-20)19-17(21)18(2,3)4/h5-8,13,15-16H,9-11H2,1-4H3,(H,19,21)/t13-,15+,16+/m0/s1. The Balaban J connectivity index is 1.68. The quantitative estimate of drug-likeness (QED) is 0.908. The van der Waals surface area contributed by atoms with Gasteiger partial charge < -0.3 is 5.32 Å². The van der Waals surface area contributed by atoms with Crippen LogP contribution in [0.15, 0.2) is 29.2 Å². The summed E-state index contributed by atoms with van der Waals surface area (Å²) in [6.07, 6.45) is 0.867. The Kier molecular flexibility index (Phi) is 4.24. The topological polar surface area (TPSA) is 66.5 Å². The van der Waals surface area contributed by atoms with Crippen molar-refractivity contribution < 1.29 is 13.2 Å². The van der Waals surface area contributed by atoms with Gasteiger partial charge in [0.2, 0.25) is 15.9 Å². The van der Waals surface area contributed by atoms with Gasteiger partial charge in [-0.2, -0.15) is 4.31 Å². The number of sulfonamides is 1. The lowest BCUT2D eigenvalue weighted by molar-refractivity contribution is -0.130. The maximum absolute atomic E-state index is 12.8. The predicted molar refractivity (Wildman–Crippen MR) is 92.9 cm³/mol. The average molecular weight is 350 g/mol. The van der Waals surface area contributed by atoms with Crippen molar-refractivity contribution in [3.63, 3.8) is 0 Å². The lowest BCUT2D eigenvalue weighted by atomic mass is 9.71. The molecule has 0 unspecified atom stereocenters. The van der Waals surface area contributed by atoms with Gasteiger partial charge in [-0.15, -0.1) is 0 Å².